The molecular weight excluding hydrogens is 549 g/mol. The summed E-state index contributed by atoms with van der Waals surface area (Å²) in [6.45, 7) is 9.72. The van der Waals surface area contributed by atoms with Crippen LogP contribution in [-0.2, 0) is 16.6 Å². The number of hydrogen-bond donors (Lipinski definition) is 1. The molecule has 1 saturated heterocycles. The van der Waals surface area contributed by atoms with E-state index >= 15 is 4.39 Å². The third kappa shape index (κ3) is 4.84. The van der Waals surface area contributed by atoms with Crippen molar-refractivity contribution in [3.63, 3.8) is 0 Å². The van der Waals surface area contributed by atoms with E-state index in [1.807, 2.05) is 20.8 Å². The fraction of sp³-hybridized carbons (Fsp3) is 0.310. The van der Waals surface area contributed by atoms with Crippen molar-refractivity contribution in [1.82, 2.24) is 24.8 Å². The molecular formula is C29H28FN5O3S2. The molecule has 0 bridgehead atoms. The molecule has 206 valence electrons. The number of rotatable bonds is 7. The van der Waals surface area contributed by atoms with Gasteiger partial charge in [-0.3, -0.25) is 14.8 Å². The molecule has 1 N–H and O–H groups in total. The number of halogens is 1. The molecule has 3 atom stereocenters. The van der Waals surface area contributed by atoms with Gasteiger partial charge in [0, 0.05) is 47.9 Å². The molecule has 1 aliphatic rings. The largest absolute Gasteiger partial charge is 0.479 e. The van der Waals surface area contributed by atoms with Crippen molar-refractivity contribution in [3.8, 4) is 0 Å². The molecule has 0 unspecified atom stereocenters. The summed E-state index contributed by atoms with van der Waals surface area (Å²) in [7, 11) is 0. The van der Waals surface area contributed by atoms with Gasteiger partial charge in [0.05, 0.1) is 28.5 Å². The quantitative estimate of drug-likeness (QED) is 0.291. The molecule has 5 rings (SSSR count). The van der Waals surface area contributed by atoms with Crippen LogP contribution in [0.3, 0.4) is 0 Å². The first-order valence-corrected chi connectivity index (χ1v) is 14.4. The minimum absolute atomic E-state index is 0.0184. The van der Waals surface area contributed by atoms with Crippen LogP contribution in [0.4, 0.5) is 4.39 Å². The average molecular weight is 578 g/mol. The molecule has 4 aromatic rings. The Morgan fingerprint density at radius 3 is 2.60 bits per heavy atom. The molecule has 0 aliphatic carbocycles. The van der Waals surface area contributed by atoms with Gasteiger partial charge in [-0.25, -0.2) is 19.2 Å². The van der Waals surface area contributed by atoms with E-state index < -0.39 is 40.6 Å². The molecule has 0 radical (unpaired) electrons. The zero-order chi connectivity index (χ0) is 28.7. The summed E-state index contributed by atoms with van der Waals surface area (Å²) in [4.78, 5) is 46.6. The van der Waals surface area contributed by atoms with Gasteiger partial charge in [0.25, 0.3) is 5.91 Å². The Kier molecular flexibility index (Phi) is 7.36. The third-order valence-corrected chi connectivity index (χ3v) is 8.80. The molecule has 1 aliphatic heterocycles. The molecule has 40 heavy (non-hydrogen) atoms. The Bertz CT molecular complexity index is 1540. The van der Waals surface area contributed by atoms with E-state index in [0.29, 0.717) is 27.5 Å². The second-order valence-electron chi connectivity index (χ2n) is 10.8. The second-order valence-corrected chi connectivity index (χ2v) is 12.4. The van der Waals surface area contributed by atoms with E-state index in [-0.39, 0.29) is 18.4 Å². The lowest BCUT2D eigenvalue weighted by Crippen LogP contribution is -2.55. The Balaban J connectivity index is 1.75. The van der Waals surface area contributed by atoms with Gasteiger partial charge in [-0.15, -0.1) is 22.7 Å². The number of aromatic nitrogens is 4. The van der Waals surface area contributed by atoms with Crippen molar-refractivity contribution in [2.24, 2.45) is 0 Å². The lowest BCUT2D eigenvalue weighted by molar-refractivity contribution is -0.149. The van der Waals surface area contributed by atoms with Crippen molar-refractivity contribution >= 4 is 40.6 Å². The molecule has 4 heterocycles. The predicted octanol–water partition coefficient (Wildman–Crippen LogP) is 5.91. The third-order valence-electron chi connectivity index (χ3n) is 7.32. The van der Waals surface area contributed by atoms with Gasteiger partial charge in [-0.1, -0.05) is 33.4 Å². The number of amides is 1. The summed E-state index contributed by atoms with van der Waals surface area (Å²) < 4.78 is 15.8. The SMILES string of the molecule is C=Cc1cc(C(=O)N2[C@@H](c3nccs3)[C@@H](c3cnccn3)C[C@@]2(Cc2cscn2)C(=O)O)c(F)cc1C(C)(C)C. The summed E-state index contributed by atoms with van der Waals surface area (Å²) in [5, 5.41) is 14.9. The molecule has 0 saturated carbocycles. The van der Waals surface area contributed by atoms with E-state index in [2.05, 4.69) is 26.5 Å². The number of benzene rings is 1. The Morgan fingerprint density at radius 2 is 2.02 bits per heavy atom. The summed E-state index contributed by atoms with van der Waals surface area (Å²) in [6, 6.07) is 1.99. The van der Waals surface area contributed by atoms with Gasteiger partial charge in [-0.2, -0.15) is 0 Å². The van der Waals surface area contributed by atoms with Crippen LogP contribution in [0.2, 0.25) is 0 Å². The molecule has 1 aromatic carbocycles. The Hall–Kier alpha value is -3.83. The van der Waals surface area contributed by atoms with Crippen molar-refractivity contribution in [2.45, 2.75) is 56.5 Å². The maximum absolute atomic E-state index is 15.8. The zero-order valence-electron chi connectivity index (χ0n) is 22.2. The van der Waals surface area contributed by atoms with Crippen LogP contribution >= 0.6 is 22.7 Å². The molecule has 11 heteroatoms. The van der Waals surface area contributed by atoms with Crippen molar-refractivity contribution < 1.29 is 19.1 Å². The molecule has 0 spiro atoms. The molecule has 1 amide bonds. The fourth-order valence-corrected chi connectivity index (χ4v) is 6.87. The maximum atomic E-state index is 15.8. The summed E-state index contributed by atoms with van der Waals surface area (Å²) in [5.41, 5.74) is 1.57. The lowest BCUT2D eigenvalue weighted by atomic mass is 9.82. The van der Waals surface area contributed by atoms with E-state index in [1.165, 1.54) is 52.1 Å². The van der Waals surface area contributed by atoms with Gasteiger partial charge in [0.2, 0.25) is 0 Å². The van der Waals surface area contributed by atoms with Gasteiger partial charge >= 0.3 is 5.97 Å². The van der Waals surface area contributed by atoms with Crippen LogP contribution in [0.25, 0.3) is 6.08 Å². The normalized spacial score (nSPS) is 20.9. The minimum atomic E-state index is -1.76. The molecule has 3 aromatic heterocycles. The van der Waals surface area contributed by atoms with Gasteiger partial charge in [-0.05, 0) is 35.1 Å². The predicted molar refractivity (Wildman–Crippen MR) is 152 cm³/mol. The van der Waals surface area contributed by atoms with E-state index in [9.17, 15) is 14.7 Å². The number of carbonyl (C=O) groups excluding carboxylic acids is 1. The minimum Gasteiger partial charge on any atom is -0.479 e. The van der Waals surface area contributed by atoms with Crippen molar-refractivity contribution in [3.05, 3.63) is 98.7 Å². The van der Waals surface area contributed by atoms with Crippen LogP contribution in [-0.4, -0.2) is 47.4 Å². The first-order valence-electron chi connectivity index (χ1n) is 12.6. The highest BCUT2D eigenvalue weighted by molar-refractivity contribution is 7.09. The highest BCUT2D eigenvalue weighted by atomic mass is 32.1. The van der Waals surface area contributed by atoms with E-state index in [4.69, 9.17) is 0 Å². The standard InChI is InChI=1S/C29H28FN5O3S2/c1-5-17-10-19(22(30)11-21(17)28(2,3)4)26(36)35-24(25-33-8-9-40-25)20(23-14-31-6-7-32-23)13-29(35,27(37)38)12-18-15-39-16-34-18/h5-11,14-16,20,24H,1,12-13H2,2-4H3,(H,37,38)/t20-,24-,29+/m1/s1. The number of hydrogen-bond acceptors (Lipinski definition) is 8. The van der Waals surface area contributed by atoms with Crippen molar-refractivity contribution in [2.75, 3.05) is 0 Å². The number of thiazole rings is 2. The number of carbonyl (C=O) groups is 2. The fourth-order valence-electron chi connectivity index (χ4n) is 5.52. The number of carboxylic acids is 1. The lowest BCUT2D eigenvalue weighted by Gasteiger charge is -2.37. The summed E-state index contributed by atoms with van der Waals surface area (Å²) in [5.74, 6) is -3.24. The smallest absolute Gasteiger partial charge is 0.330 e. The highest BCUT2D eigenvalue weighted by Gasteiger charge is 2.60. The number of aliphatic carboxylic acids is 1. The summed E-state index contributed by atoms with van der Waals surface area (Å²) in [6.07, 6.45) is 7.78. The second kappa shape index (κ2) is 10.6. The number of nitrogens with zero attached hydrogens (tertiary/aromatic N) is 5. The maximum Gasteiger partial charge on any atom is 0.330 e. The number of carboxylic acid groups (broad SMARTS) is 1. The first kappa shape index (κ1) is 27.7. The molecule has 1 fully saturated rings. The zero-order valence-corrected chi connectivity index (χ0v) is 23.9. The van der Waals surface area contributed by atoms with Crippen molar-refractivity contribution in [1.29, 1.82) is 0 Å². The van der Waals surface area contributed by atoms with Crippen LogP contribution in [0.15, 0.2) is 59.8 Å². The monoisotopic (exact) mass is 577 g/mol. The Morgan fingerprint density at radius 1 is 1.23 bits per heavy atom. The van der Waals surface area contributed by atoms with Gasteiger partial charge in [0.1, 0.15) is 16.4 Å². The van der Waals surface area contributed by atoms with E-state index in [1.54, 1.807) is 34.7 Å². The topological polar surface area (TPSA) is 109 Å². The van der Waals surface area contributed by atoms with Crippen LogP contribution in [0.1, 0.15) is 77.0 Å². The van der Waals surface area contributed by atoms with Gasteiger partial charge in [0.15, 0.2) is 0 Å². The Labute approximate surface area is 239 Å². The number of likely N-dealkylation sites (tertiary alicyclic amines) is 1. The summed E-state index contributed by atoms with van der Waals surface area (Å²) >= 11 is 2.64. The average Bonchev–Trinajstić information content (AvgIpc) is 3.69. The van der Waals surface area contributed by atoms with Crippen LogP contribution in [0, 0.1) is 5.82 Å². The highest BCUT2D eigenvalue weighted by Crippen LogP contribution is 2.53. The molecule has 8 nitrogen and oxygen atoms in total. The van der Waals surface area contributed by atoms with Crippen LogP contribution in [0.5, 0.6) is 0 Å². The van der Waals surface area contributed by atoms with Gasteiger partial charge < -0.3 is 10.0 Å². The van der Waals surface area contributed by atoms with Crippen LogP contribution < -0.4 is 0 Å². The first-order chi connectivity index (χ1) is 19.1. The van der Waals surface area contributed by atoms with E-state index in [0.717, 1.165) is 0 Å².